The molecule has 4 nitrogen and oxygen atoms in total. The molecule has 24 heavy (non-hydrogen) atoms. The highest BCUT2D eigenvalue weighted by atomic mass is 19.4. The van der Waals surface area contributed by atoms with E-state index in [1.807, 2.05) is 0 Å². The van der Waals surface area contributed by atoms with Crippen LogP contribution in [0.4, 0.5) is 13.2 Å². The minimum atomic E-state index is -4.49. The number of rotatable bonds is 6. The van der Waals surface area contributed by atoms with Gasteiger partial charge in [-0.25, -0.2) is 4.98 Å². The second kappa shape index (κ2) is 6.90. The van der Waals surface area contributed by atoms with Gasteiger partial charge in [0.1, 0.15) is 11.3 Å². The summed E-state index contributed by atoms with van der Waals surface area (Å²) in [6, 6.07) is 2.23. The van der Waals surface area contributed by atoms with Gasteiger partial charge in [0.05, 0.1) is 11.3 Å². The number of alkyl halides is 3. The monoisotopic (exact) mass is 337 g/mol. The molecule has 0 aliphatic carbocycles. The molecule has 0 saturated heterocycles. The number of aryl methyl sites for hydroxylation is 1. The van der Waals surface area contributed by atoms with E-state index in [0.29, 0.717) is 17.8 Å². The van der Waals surface area contributed by atoms with Crippen LogP contribution in [0, 0.1) is 0 Å². The van der Waals surface area contributed by atoms with Crippen molar-refractivity contribution in [2.75, 3.05) is 13.1 Å². The Bertz CT molecular complexity index is 767. The Hall–Kier alpha value is -2.57. The van der Waals surface area contributed by atoms with Crippen molar-refractivity contribution >= 4 is 11.6 Å². The molecule has 2 rings (SSSR count). The molecular weight excluding hydrogens is 319 g/mol. The topological polar surface area (TPSA) is 37.6 Å². The maximum absolute atomic E-state index is 13.0. The van der Waals surface area contributed by atoms with Crippen molar-refractivity contribution in [3.8, 4) is 0 Å². The summed E-state index contributed by atoms with van der Waals surface area (Å²) in [5.74, 6) is -0.404. The van der Waals surface area contributed by atoms with Gasteiger partial charge in [-0.15, -0.1) is 13.2 Å². The smallest absolute Gasteiger partial charge is 0.330 e. The molecule has 2 heterocycles. The fraction of sp³-hybridized carbons (Fsp3) is 0.294. The maximum Gasteiger partial charge on any atom is 0.417 e. The Morgan fingerprint density at radius 3 is 2.42 bits per heavy atom. The summed E-state index contributed by atoms with van der Waals surface area (Å²) < 4.78 is 40.2. The highest BCUT2D eigenvalue weighted by Crippen LogP contribution is 2.30. The minimum Gasteiger partial charge on any atom is -0.330 e. The zero-order valence-corrected chi connectivity index (χ0v) is 13.3. The van der Waals surface area contributed by atoms with Crippen molar-refractivity contribution in [2.45, 2.75) is 19.5 Å². The molecule has 0 N–H and O–H groups in total. The number of pyridine rings is 1. The number of halogens is 3. The minimum absolute atomic E-state index is 0.141. The van der Waals surface area contributed by atoms with E-state index >= 15 is 0 Å². The lowest BCUT2D eigenvalue weighted by Gasteiger charge is -2.19. The normalized spacial score (nSPS) is 11.5. The van der Waals surface area contributed by atoms with Crippen LogP contribution in [0.15, 0.2) is 43.6 Å². The second-order valence-electron chi connectivity index (χ2n) is 5.19. The van der Waals surface area contributed by atoms with Crippen molar-refractivity contribution in [3.63, 3.8) is 0 Å². The molecule has 128 valence electrons. The van der Waals surface area contributed by atoms with Gasteiger partial charge in [0.15, 0.2) is 0 Å². The molecule has 2 aromatic heterocycles. The SMILES string of the molecule is C=CCN(CC=C)C(=O)c1c(CC)nc2ccc(C(F)(F)F)cn12. The van der Waals surface area contributed by atoms with E-state index in [4.69, 9.17) is 0 Å². The molecule has 0 radical (unpaired) electrons. The van der Waals surface area contributed by atoms with Gasteiger partial charge in [0.25, 0.3) is 5.91 Å². The summed E-state index contributed by atoms with van der Waals surface area (Å²) in [7, 11) is 0. The molecule has 0 aromatic carbocycles. The van der Waals surface area contributed by atoms with E-state index in [1.165, 1.54) is 15.4 Å². The molecule has 0 unspecified atom stereocenters. The van der Waals surface area contributed by atoms with Crippen LogP contribution in [-0.2, 0) is 12.6 Å². The number of aromatic nitrogens is 2. The van der Waals surface area contributed by atoms with Gasteiger partial charge in [-0.1, -0.05) is 19.1 Å². The fourth-order valence-electron chi connectivity index (χ4n) is 2.44. The van der Waals surface area contributed by atoms with Gasteiger partial charge in [0, 0.05) is 19.3 Å². The van der Waals surface area contributed by atoms with Crippen LogP contribution in [0.1, 0.15) is 28.7 Å². The third-order valence-corrected chi connectivity index (χ3v) is 3.54. The summed E-state index contributed by atoms with van der Waals surface area (Å²) in [5, 5.41) is 0. The number of amides is 1. The zero-order chi connectivity index (χ0) is 17.9. The Morgan fingerprint density at radius 1 is 1.29 bits per heavy atom. The van der Waals surface area contributed by atoms with Gasteiger partial charge in [-0.2, -0.15) is 13.2 Å². The van der Waals surface area contributed by atoms with E-state index in [2.05, 4.69) is 18.1 Å². The van der Waals surface area contributed by atoms with E-state index in [0.717, 1.165) is 12.3 Å². The Balaban J connectivity index is 2.63. The lowest BCUT2D eigenvalue weighted by atomic mass is 10.2. The fourth-order valence-corrected chi connectivity index (χ4v) is 2.44. The van der Waals surface area contributed by atoms with Gasteiger partial charge in [0.2, 0.25) is 0 Å². The Morgan fingerprint density at radius 2 is 1.92 bits per heavy atom. The molecular formula is C17H18F3N3O. The van der Waals surface area contributed by atoms with Gasteiger partial charge in [-0.05, 0) is 18.6 Å². The number of fused-ring (bicyclic) bond motifs is 1. The predicted molar refractivity (Wildman–Crippen MR) is 85.9 cm³/mol. The maximum atomic E-state index is 13.0. The average Bonchev–Trinajstić information content (AvgIpc) is 2.90. The summed E-state index contributed by atoms with van der Waals surface area (Å²) in [5.41, 5.74) is 0.0724. The molecule has 2 aromatic rings. The van der Waals surface area contributed by atoms with Crippen LogP contribution in [0.5, 0.6) is 0 Å². The number of hydrogen-bond donors (Lipinski definition) is 0. The quantitative estimate of drug-likeness (QED) is 0.753. The molecule has 0 aliphatic rings. The predicted octanol–water partition coefficient (Wildman–Crippen LogP) is 3.73. The van der Waals surface area contributed by atoms with Crippen molar-refractivity contribution in [1.82, 2.24) is 14.3 Å². The molecule has 0 saturated carbocycles. The van der Waals surface area contributed by atoms with Crippen molar-refractivity contribution in [3.05, 3.63) is 60.6 Å². The summed E-state index contributed by atoms with van der Waals surface area (Å²) in [6.45, 7) is 9.53. The lowest BCUT2D eigenvalue weighted by molar-refractivity contribution is -0.137. The lowest BCUT2D eigenvalue weighted by Crippen LogP contribution is -2.33. The largest absolute Gasteiger partial charge is 0.417 e. The first-order chi connectivity index (χ1) is 11.3. The second-order valence-corrected chi connectivity index (χ2v) is 5.19. The van der Waals surface area contributed by atoms with Crippen molar-refractivity contribution < 1.29 is 18.0 Å². The molecule has 0 aliphatic heterocycles. The Labute approximate surface area is 137 Å². The first-order valence-electron chi connectivity index (χ1n) is 7.42. The first kappa shape index (κ1) is 17.8. The molecule has 0 spiro atoms. The summed E-state index contributed by atoms with van der Waals surface area (Å²) >= 11 is 0. The molecule has 0 fully saturated rings. The summed E-state index contributed by atoms with van der Waals surface area (Å²) in [6.07, 6.45) is -0.0449. The van der Waals surface area contributed by atoms with E-state index < -0.39 is 17.6 Å². The van der Waals surface area contributed by atoms with Gasteiger partial charge in [-0.3, -0.25) is 9.20 Å². The van der Waals surface area contributed by atoms with E-state index in [9.17, 15) is 18.0 Å². The van der Waals surface area contributed by atoms with E-state index in [1.54, 1.807) is 19.1 Å². The van der Waals surface area contributed by atoms with Gasteiger partial charge >= 0.3 is 6.18 Å². The van der Waals surface area contributed by atoms with Crippen LogP contribution < -0.4 is 0 Å². The van der Waals surface area contributed by atoms with Crippen LogP contribution in [-0.4, -0.2) is 33.3 Å². The van der Waals surface area contributed by atoms with Crippen molar-refractivity contribution in [1.29, 1.82) is 0 Å². The number of imidazole rings is 1. The third kappa shape index (κ3) is 3.34. The number of carbonyl (C=O) groups excluding carboxylic acids is 1. The standard InChI is InChI=1S/C17H18F3N3O/c1-4-9-22(10-5-2)16(24)15-13(6-3)21-14-8-7-12(11-23(14)15)17(18,19)20/h4-5,7-8,11H,1-2,6,9-10H2,3H3. The highest BCUT2D eigenvalue weighted by molar-refractivity contribution is 5.95. The molecule has 7 heteroatoms. The van der Waals surface area contributed by atoms with Gasteiger partial charge < -0.3 is 4.90 Å². The summed E-state index contributed by atoms with van der Waals surface area (Å²) in [4.78, 5) is 18.6. The first-order valence-corrected chi connectivity index (χ1v) is 7.42. The number of hydrogen-bond acceptors (Lipinski definition) is 2. The van der Waals surface area contributed by atoms with Crippen LogP contribution in [0.2, 0.25) is 0 Å². The molecule has 1 amide bonds. The Kier molecular flexibility index (Phi) is 5.11. The number of nitrogens with zero attached hydrogens (tertiary/aromatic N) is 3. The molecule has 0 atom stereocenters. The van der Waals surface area contributed by atoms with Crippen molar-refractivity contribution in [2.24, 2.45) is 0 Å². The third-order valence-electron chi connectivity index (χ3n) is 3.54. The van der Waals surface area contributed by atoms with Crippen LogP contribution in [0.25, 0.3) is 5.65 Å². The molecule has 0 bridgehead atoms. The van der Waals surface area contributed by atoms with Crippen LogP contribution >= 0.6 is 0 Å². The van der Waals surface area contributed by atoms with Crippen LogP contribution in [0.3, 0.4) is 0 Å². The highest BCUT2D eigenvalue weighted by Gasteiger charge is 2.32. The number of carbonyl (C=O) groups is 1. The zero-order valence-electron chi connectivity index (χ0n) is 13.3. The van der Waals surface area contributed by atoms with E-state index in [-0.39, 0.29) is 18.8 Å². The average molecular weight is 337 g/mol.